The molecule has 0 saturated heterocycles. The highest BCUT2D eigenvalue weighted by molar-refractivity contribution is 7.13. The maximum absolute atomic E-state index is 4.72. The van der Waals surface area contributed by atoms with Crippen molar-refractivity contribution in [3.8, 4) is 10.6 Å². The van der Waals surface area contributed by atoms with Crippen LogP contribution >= 0.6 is 11.3 Å². The smallest absolute Gasteiger partial charge is 0.123 e. The Morgan fingerprint density at radius 2 is 1.82 bits per heavy atom. The fourth-order valence-electron chi connectivity index (χ4n) is 1.81. The predicted octanol–water partition coefficient (Wildman–Crippen LogP) is 4.34. The number of aromatic nitrogens is 2. The van der Waals surface area contributed by atoms with E-state index < -0.39 is 0 Å². The van der Waals surface area contributed by atoms with Gasteiger partial charge in [-0.1, -0.05) is 13.8 Å². The van der Waals surface area contributed by atoms with Gasteiger partial charge in [-0.25, -0.2) is 4.98 Å². The molecule has 0 N–H and O–H groups in total. The number of hydrogen-bond donors (Lipinski definition) is 0. The van der Waals surface area contributed by atoms with Crippen LogP contribution in [0.25, 0.3) is 10.6 Å². The number of aryl methyl sites for hydroxylation is 2. The van der Waals surface area contributed by atoms with E-state index in [0.29, 0.717) is 5.92 Å². The molecular weight excluding hydrogens is 228 g/mol. The molecule has 2 rings (SSSR count). The van der Waals surface area contributed by atoms with Crippen LogP contribution in [0.3, 0.4) is 0 Å². The van der Waals surface area contributed by atoms with Crippen molar-refractivity contribution in [1.82, 2.24) is 9.97 Å². The third kappa shape index (κ3) is 2.72. The summed E-state index contributed by atoms with van der Waals surface area (Å²) in [4.78, 5) is 9.12. The molecule has 90 valence electrons. The Morgan fingerprint density at radius 3 is 2.41 bits per heavy atom. The van der Waals surface area contributed by atoms with E-state index in [1.54, 1.807) is 11.3 Å². The number of rotatable bonds is 3. The van der Waals surface area contributed by atoms with Crippen LogP contribution in [-0.2, 0) is 0 Å². The summed E-state index contributed by atoms with van der Waals surface area (Å²) in [5, 5.41) is 3.28. The average Bonchev–Trinajstić information content (AvgIpc) is 2.76. The van der Waals surface area contributed by atoms with E-state index in [1.807, 2.05) is 13.8 Å². The minimum Gasteiger partial charge on any atom is -0.258 e. The minimum atomic E-state index is 0.545. The highest BCUT2D eigenvalue weighted by Gasteiger charge is 2.10. The minimum absolute atomic E-state index is 0.545. The predicted molar refractivity (Wildman–Crippen MR) is 73.5 cm³/mol. The fourth-order valence-corrected chi connectivity index (χ4v) is 2.74. The van der Waals surface area contributed by atoms with E-state index >= 15 is 0 Å². The van der Waals surface area contributed by atoms with Crippen molar-refractivity contribution in [2.45, 2.75) is 40.0 Å². The van der Waals surface area contributed by atoms with Gasteiger partial charge in [0.25, 0.3) is 0 Å². The lowest BCUT2D eigenvalue weighted by Gasteiger charge is -2.03. The zero-order valence-electron chi connectivity index (χ0n) is 10.8. The Kier molecular flexibility index (Phi) is 3.57. The molecule has 1 atom stereocenters. The van der Waals surface area contributed by atoms with Gasteiger partial charge < -0.3 is 0 Å². The fraction of sp³-hybridized carbons (Fsp3) is 0.429. The summed E-state index contributed by atoms with van der Waals surface area (Å²) in [5.74, 6) is 0.545. The summed E-state index contributed by atoms with van der Waals surface area (Å²) in [7, 11) is 0. The van der Waals surface area contributed by atoms with E-state index in [9.17, 15) is 0 Å². The number of nitrogens with zero attached hydrogens (tertiary/aromatic N) is 2. The van der Waals surface area contributed by atoms with Crippen LogP contribution in [0.2, 0.25) is 0 Å². The van der Waals surface area contributed by atoms with Gasteiger partial charge in [0.05, 0.1) is 5.69 Å². The van der Waals surface area contributed by atoms with Crippen molar-refractivity contribution in [2.75, 3.05) is 0 Å². The Bertz CT molecular complexity index is 496. The number of pyridine rings is 1. The van der Waals surface area contributed by atoms with Crippen LogP contribution in [0.1, 0.15) is 43.3 Å². The van der Waals surface area contributed by atoms with Gasteiger partial charge in [0.1, 0.15) is 5.01 Å². The summed E-state index contributed by atoms with van der Waals surface area (Å²) in [5.41, 5.74) is 4.51. The molecule has 1 unspecified atom stereocenters. The molecule has 0 spiro atoms. The SMILES string of the molecule is CCC(C)c1csc(-c2cc(C)nc(C)c2)n1. The van der Waals surface area contributed by atoms with Gasteiger partial charge in [0.15, 0.2) is 0 Å². The third-order valence-corrected chi connectivity index (χ3v) is 3.88. The van der Waals surface area contributed by atoms with Crippen LogP contribution in [0, 0.1) is 13.8 Å². The molecular formula is C14H18N2S. The van der Waals surface area contributed by atoms with Crippen molar-refractivity contribution in [3.63, 3.8) is 0 Å². The van der Waals surface area contributed by atoms with Crippen molar-refractivity contribution >= 4 is 11.3 Å². The van der Waals surface area contributed by atoms with Gasteiger partial charge in [-0.15, -0.1) is 11.3 Å². The zero-order chi connectivity index (χ0) is 12.4. The second kappa shape index (κ2) is 4.96. The van der Waals surface area contributed by atoms with E-state index in [2.05, 4.69) is 36.3 Å². The first-order valence-corrected chi connectivity index (χ1v) is 6.89. The van der Waals surface area contributed by atoms with Gasteiger partial charge in [-0.3, -0.25) is 4.98 Å². The summed E-state index contributed by atoms with van der Waals surface area (Å²) in [6.07, 6.45) is 1.14. The Morgan fingerprint density at radius 1 is 1.18 bits per heavy atom. The molecule has 0 aliphatic carbocycles. The molecule has 2 heterocycles. The quantitative estimate of drug-likeness (QED) is 0.805. The lowest BCUT2D eigenvalue weighted by molar-refractivity contribution is 0.714. The normalized spacial score (nSPS) is 12.7. The Labute approximate surface area is 107 Å². The van der Waals surface area contributed by atoms with Gasteiger partial charge in [-0.2, -0.15) is 0 Å². The van der Waals surface area contributed by atoms with Gasteiger partial charge in [-0.05, 0) is 38.3 Å². The number of hydrogen-bond acceptors (Lipinski definition) is 3. The highest BCUT2D eigenvalue weighted by atomic mass is 32.1. The molecule has 0 aliphatic heterocycles. The molecule has 2 aromatic heterocycles. The first-order chi connectivity index (χ1) is 8.10. The second-order valence-corrected chi connectivity index (χ2v) is 5.38. The topological polar surface area (TPSA) is 25.8 Å². The second-order valence-electron chi connectivity index (χ2n) is 4.53. The molecule has 0 radical (unpaired) electrons. The van der Waals surface area contributed by atoms with E-state index in [1.165, 1.54) is 11.3 Å². The molecule has 0 fully saturated rings. The largest absolute Gasteiger partial charge is 0.258 e. The van der Waals surface area contributed by atoms with E-state index in [4.69, 9.17) is 4.98 Å². The summed E-state index contributed by atoms with van der Waals surface area (Å²) in [6.45, 7) is 8.48. The van der Waals surface area contributed by atoms with Gasteiger partial charge >= 0.3 is 0 Å². The van der Waals surface area contributed by atoms with Crippen LogP contribution in [0.15, 0.2) is 17.5 Å². The van der Waals surface area contributed by atoms with Crippen molar-refractivity contribution < 1.29 is 0 Å². The Balaban J connectivity index is 2.36. The summed E-state index contributed by atoms with van der Waals surface area (Å²) >= 11 is 1.72. The molecule has 0 saturated carbocycles. The van der Waals surface area contributed by atoms with Crippen molar-refractivity contribution in [1.29, 1.82) is 0 Å². The molecule has 2 aromatic rings. The lowest BCUT2D eigenvalue weighted by atomic mass is 10.1. The highest BCUT2D eigenvalue weighted by Crippen LogP contribution is 2.28. The van der Waals surface area contributed by atoms with Crippen LogP contribution in [0.5, 0.6) is 0 Å². The molecule has 2 nitrogen and oxygen atoms in total. The zero-order valence-corrected chi connectivity index (χ0v) is 11.6. The van der Waals surface area contributed by atoms with Crippen molar-refractivity contribution in [3.05, 3.63) is 34.6 Å². The van der Waals surface area contributed by atoms with Gasteiger partial charge in [0, 0.05) is 22.3 Å². The average molecular weight is 246 g/mol. The first kappa shape index (κ1) is 12.2. The molecule has 0 aliphatic rings. The van der Waals surface area contributed by atoms with E-state index in [0.717, 1.165) is 22.8 Å². The van der Waals surface area contributed by atoms with Crippen LogP contribution in [-0.4, -0.2) is 9.97 Å². The third-order valence-electron chi connectivity index (χ3n) is 2.97. The molecule has 17 heavy (non-hydrogen) atoms. The van der Waals surface area contributed by atoms with Crippen molar-refractivity contribution in [2.24, 2.45) is 0 Å². The monoisotopic (exact) mass is 246 g/mol. The molecule has 3 heteroatoms. The maximum Gasteiger partial charge on any atom is 0.123 e. The number of thiazole rings is 1. The molecule has 0 bridgehead atoms. The van der Waals surface area contributed by atoms with E-state index in [-0.39, 0.29) is 0 Å². The van der Waals surface area contributed by atoms with Crippen LogP contribution in [0.4, 0.5) is 0 Å². The maximum atomic E-state index is 4.72. The summed E-state index contributed by atoms with van der Waals surface area (Å²) in [6, 6.07) is 4.21. The van der Waals surface area contributed by atoms with Crippen LogP contribution < -0.4 is 0 Å². The molecule has 0 aromatic carbocycles. The Hall–Kier alpha value is -1.22. The lowest BCUT2D eigenvalue weighted by Crippen LogP contribution is -1.92. The first-order valence-electron chi connectivity index (χ1n) is 6.01. The molecule has 0 amide bonds. The summed E-state index contributed by atoms with van der Waals surface area (Å²) < 4.78 is 0. The van der Waals surface area contributed by atoms with Gasteiger partial charge in [0.2, 0.25) is 0 Å². The standard InChI is InChI=1S/C14H18N2S/c1-5-9(2)13-8-17-14(16-13)12-6-10(3)15-11(4)7-12/h6-9H,5H2,1-4H3.